The lowest BCUT2D eigenvalue weighted by molar-refractivity contribution is -0.141. The molecule has 3 fully saturated rings. The molecule has 160 valence electrons. The van der Waals surface area contributed by atoms with E-state index in [1.54, 1.807) is 4.90 Å². The van der Waals surface area contributed by atoms with Crippen molar-refractivity contribution in [3.63, 3.8) is 0 Å². The van der Waals surface area contributed by atoms with Gasteiger partial charge in [-0.15, -0.1) is 0 Å². The lowest BCUT2D eigenvalue weighted by Crippen LogP contribution is -2.50. The fourth-order valence-corrected chi connectivity index (χ4v) is 4.02. The summed E-state index contributed by atoms with van der Waals surface area (Å²) < 4.78 is 13.2. The number of nitrogens with zero attached hydrogens (tertiary/aromatic N) is 2. The Labute approximate surface area is 173 Å². The number of carbonyl (C=O) groups excluding carboxylic acids is 4. The zero-order valence-electron chi connectivity index (χ0n) is 16.8. The maximum Gasteiger partial charge on any atom is 0.325 e. The number of imide groups is 1. The molecule has 30 heavy (non-hydrogen) atoms. The molecular formula is C21H25FN4O4. The van der Waals surface area contributed by atoms with Gasteiger partial charge in [-0.1, -0.05) is 12.1 Å². The standard InChI is InChI=1S/C21H25FN4O4/c1-21(14-4-6-15(22)7-5-14)19(29)26(20(30)24-21)12-17(27)25-10-2-3-13(11-25)18(28)23-16-8-9-16/h4-7,13,16H,2-3,8-12H2,1H3,(H,23,28)(H,24,30). The number of urea groups is 1. The SMILES string of the molecule is CC1(c2ccc(F)cc2)NC(=O)N(CC(=O)N2CCCC(C(=O)NC3CC3)C2)C1=O. The molecular weight excluding hydrogens is 391 g/mol. The zero-order valence-corrected chi connectivity index (χ0v) is 16.8. The van der Waals surface area contributed by atoms with E-state index in [-0.39, 0.29) is 30.3 Å². The first-order chi connectivity index (χ1) is 14.3. The highest BCUT2D eigenvalue weighted by Gasteiger charge is 2.50. The second-order valence-corrected chi connectivity index (χ2v) is 8.42. The molecule has 2 unspecified atom stereocenters. The first-order valence-electron chi connectivity index (χ1n) is 10.3. The number of likely N-dealkylation sites (tertiary alicyclic amines) is 1. The summed E-state index contributed by atoms with van der Waals surface area (Å²) in [5, 5.41) is 5.58. The Hall–Kier alpha value is -2.97. The van der Waals surface area contributed by atoms with E-state index in [1.165, 1.54) is 31.2 Å². The minimum absolute atomic E-state index is 0.0334. The van der Waals surface area contributed by atoms with Crippen molar-refractivity contribution in [3.05, 3.63) is 35.6 Å². The van der Waals surface area contributed by atoms with Gasteiger partial charge in [-0.25, -0.2) is 9.18 Å². The first kappa shape index (κ1) is 20.3. The number of benzene rings is 1. The molecule has 1 aromatic rings. The second kappa shape index (κ2) is 7.70. The molecule has 0 spiro atoms. The van der Waals surface area contributed by atoms with E-state index in [0.717, 1.165) is 17.7 Å². The highest BCUT2D eigenvalue weighted by Crippen LogP contribution is 2.29. The van der Waals surface area contributed by atoms with Crippen LogP contribution in [-0.4, -0.2) is 59.2 Å². The molecule has 9 heteroatoms. The van der Waals surface area contributed by atoms with Crippen molar-refractivity contribution in [1.29, 1.82) is 0 Å². The Morgan fingerprint density at radius 3 is 2.57 bits per heavy atom. The number of hydrogen-bond donors (Lipinski definition) is 2. The predicted molar refractivity (Wildman–Crippen MR) is 104 cm³/mol. The number of piperidine rings is 1. The van der Waals surface area contributed by atoms with Gasteiger partial charge in [-0.05, 0) is 50.3 Å². The minimum Gasteiger partial charge on any atom is -0.353 e. The zero-order chi connectivity index (χ0) is 21.5. The maximum atomic E-state index is 13.2. The van der Waals surface area contributed by atoms with Crippen LogP contribution in [0.15, 0.2) is 24.3 Å². The summed E-state index contributed by atoms with van der Waals surface area (Å²) in [5.41, 5.74) is -0.924. The monoisotopic (exact) mass is 416 g/mol. The van der Waals surface area contributed by atoms with Crippen molar-refractivity contribution < 1.29 is 23.6 Å². The van der Waals surface area contributed by atoms with Crippen LogP contribution < -0.4 is 10.6 Å². The molecule has 2 N–H and O–H groups in total. The van der Waals surface area contributed by atoms with Gasteiger partial charge in [-0.2, -0.15) is 0 Å². The van der Waals surface area contributed by atoms with Crippen LogP contribution in [0.4, 0.5) is 9.18 Å². The van der Waals surface area contributed by atoms with Crippen molar-refractivity contribution >= 4 is 23.8 Å². The van der Waals surface area contributed by atoms with Gasteiger partial charge in [-0.3, -0.25) is 19.3 Å². The average molecular weight is 416 g/mol. The van der Waals surface area contributed by atoms with Crippen LogP contribution in [0.5, 0.6) is 0 Å². The van der Waals surface area contributed by atoms with Crippen LogP contribution in [0.25, 0.3) is 0 Å². The molecule has 2 aliphatic heterocycles. The van der Waals surface area contributed by atoms with E-state index >= 15 is 0 Å². The van der Waals surface area contributed by atoms with E-state index in [0.29, 0.717) is 24.9 Å². The molecule has 2 atom stereocenters. The molecule has 0 bridgehead atoms. The summed E-state index contributed by atoms with van der Waals surface area (Å²) in [6.07, 6.45) is 3.41. The van der Waals surface area contributed by atoms with E-state index in [9.17, 15) is 23.6 Å². The Kier molecular flexibility index (Phi) is 5.21. The molecule has 1 saturated carbocycles. The van der Waals surface area contributed by atoms with Crippen LogP contribution >= 0.6 is 0 Å². The third kappa shape index (κ3) is 3.88. The van der Waals surface area contributed by atoms with Crippen molar-refractivity contribution in [2.45, 2.75) is 44.2 Å². The van der Waals surface area contributed by atoms with Crippen LogP contribution in [-0.2, 0) is 19.9 Å². The number of rotatable bonds is 5. The molecule has 2 saturated heterocycles. The average Bonchev–Trinajstić information content (AvgIpc) is 3.52. The molecule has 1 aliphatic carbocycles. The number of nitrogens with one attached hydrogen (secondary N) is 2. The maximum absolute atomic E-state index is 13.2. The van der Waals surface area contributed by atoms with Crippen LogP contribution in [0, 0.1) is 11.7 Å². The highest BCUT2D eigenvalue weighted by molar-refractivity contribution is 6.09. The molecule has 0 radical (unpaired) electrons. The Balaban J connectivity index is 1.41. The van der Waals surface area contributed by atoms with Gasteiger partial charge in [0.1, 0.15) is 17.9 Å². The Bertz CT molecular complexity index is 885. The molecule has 8 nitrogen and oxygen atoms in total. The van der Waals surface area contributed by atoms with E-state index < -0.39 is 29.8 Å². The van der Waals surface area contributed by atoms with Crippen LogP contribution in [0.1, 0.15) is 38.2 Å². The Morgan fingerprint density at radius 2 is 1.90 bits per heavy atom. The number of amides is 5. The van der Waals surface area contributed by atoms with E-state index in [4.69, 9.17) is 0 Å². The van der Waals surface area contributed by atoms with Crippen molar-refractivity contribution in [2.75, 3.05) is 19.6 Å². The molecule has 3 aliphatic rings. The van der Waals surface area contributed by atoms with Crippen LogP contribution in [0.3, 0.4) is 0 Å². The first-order valence-corrected chi connectivity index (χ1v) is 10.3. The lowest BCUT2D eigenvalue weighted by Gasteiger charge is -2.33. The number of carbonyl (C=O) groups is 4. The van der Waals surface area contributed by atoms with Gasteiger partial charge in [0.2, 0.25) is 11.8 Å². The van der Waals surface area contributed by atoms with Gasteiger partial charge in [0.05, 0.1) is 5.92 Å². The van der Waals surface area contributed by atoms with Gasteiger partial charge in [0.25, 0.3) is 5.91 Å². The largest absolute Gasteiger partial charge is 0.353 e. The minimum atomic E-state index is -1.36. The van der Waals surface area contributed by atoms with Gasteiger partial charge in [0, 0.05) is 19.1 Å². The normalized spacial score (nSPS) is 26.5. The molecule has 4 rings (SSSR count). The second-order valence-electron chi connectivity index (χ2n) is 8.42. The highest BCUT2D eigenvalue weighted by atomic mass is 19.1. The summed E-state index contributed by atoms with van der Waals surface area (Å²) in [4.78, 5) is 53.0. The van der Waals surface area contributed by atoms with Gasteiger partial charge < -0.3 is 15.5 Å². The number of halogens is 1. The summed E-state index contributed by atoms with van der Waals surface area (Å²) in [5.74, 6) is -1.68. The summed E-state index contributed by atoms with van der Waals surface area (Å²) in [6, 6.07) is 4.90. The number of hydrogen-bond acceptors (Lipinski definition) is 4. The van der Waals surface area contributed by atoms with Gasteiger partial charge in [0.15, 0.2) is 0 Å². The summed E-state index contributed by atoms with van der Waals surface area (Å²) in [7, 11) is 0. The van der Waals surface area contributed by atoms with Crippen molar-refractivity contribution in [1.82, 2.24) is 20.4 Å². The fraction of sp³-hybridized carbons (Fsp3) is 0.524. The predicted octanol–water partition coefficient (Wildman–Crippen LogP) is 1.11. The topological polar surface area (TPSA) is 98.8 Å². The third-order valence-electron chi connectivity index (χ3n) is 6.06. The Morgan fingerprint density at radius 1 is 1.20 bits per heavy atom. The fourth-order valence-electron chi connectivity index (χ4n) is 4.02. The van der Waals surface area contributed by atoms with E-state index in [2.05, 4.69) is 10.6 Å². The third-order valence-corrected chi connectivity index (χ3v) is 6.06. The molecule has 2 heterocycles. The lowest BCUT2D eigenvalue weighted by atomic mass is 9.92. The van der Waals surface area contributed by atoms with Gasteiger partial charge >= 0.3 is 6.03 Å². The quantitative estimate of drug-likeness (QED) is 0.703. The molecule has 1 aromatic carbocycles. The van der Waals surface area contributed by atoms with Crippen LogP contribution in [0.2, 0.25) is 0 Å². The molecule has 0 aromatic heterocycles. The van der Waals surface area contributed by atoms with E-state index in [1.807, 2.05) is 0 Å². The summed E-state index contributed by atoms with van der Waals surface area (Å²) >= 11 is 0. The van der Waals surface area contributed by atoms with Crippen molar-refractivity contribution in [2.24, 2.45) is 5.92 Å². The summed E-state index contributed by atoms with van der Waals surface area (Å²) in [6.45, 7) is 1.92. The smallest absolute Gasteiger partial charge is 0.325 e. The van der Waals surface area contributed by atoms with Crippen molar-refractivity contribution in [3.8, 4) is 0 Å². The molecule has 5 amide bonds.